The molecule has 0 spiro atoms. The second-order valence-corrected chi connectivity index (χ2v) is 8.46. The van der Waals surface area contributed by atoms with Gasteiger partial charge in [0.1, 0.15) is 9.23 Å². The van der Waals surface area contributed by atoms with Gasteiger partial charge in [-0.25, -0.2) is 0 Å². The first-order valence-corrected chi connectivity index (χ1v) is 10.2. The lowest BCUT2D eigenvalue weighted by Gasteiger charge is -2.25. The SMILES string of the molecule is CCCCN1C2=C(CCCC2)S/C1=C1/SC(=S)N(CC)C1=O. The van der Waals surface area contributed by atoms with Crippen molar-refractivity contribution in [2.24, 2.45) is 0 Å². The van der Waals surface area contributed by atoms with Gasteiger partial charge >= 0.3 is 0 Å². The molecule has 6 heteroatoms. The summed E-state index contributed by atoms with van der Waals surface area (Å²) in [6, 6.07) is 0. The third-order valence-corrected chi connectivity index (χ3v) is 7.15. The van der Waals surface area contributed by atoms with Crippen LogP contribution >= 0.6 is 35.7 Å². The molecule has 0 N–H and O–H groups in total. The number of carbonyl (C=O) groups excluding carboxylic acids is 1. The van der Waals surface area contributed by atoms with Crippen molar-refractivity contribution in [2.75, 3.05) is 13.1 Å². The molecule has 120 valence electrons. The van der Waals surface area contributed by atoms with Crippen LogP contribution in [-0.4, -0.2) is 33.1 Å². The zero-order chi connectivity index (χ0) is 15.7. The van der Waals surface area contributed by atoms with Crippen LogP contribution in [-0.2, 0) is 4.79 Å². The van der Waals surface area contributed by atoms with Gasteiger partial charge in [0, 0.05) is 23.7 Å². The molecule has 0 radical (unpaired) electrons. The second-order valence-electron chi connectivity index (χ2n) is 5.74. The zero-order valence-corrected chi connectivity index (χ0v) is 15.6. The van der Waals surface area contributed by atoms with Crippen molar-refractivity contribution in [1.82, 2.24) is 9.80 Å². The number of hydrogen-bond donors (Lipinski definition) is 0. The largest absolute Gasteiger partial charge is 0.338 e. The van der Waals surface area contributed by atoms with E-state index in [9.17, 15) is 4.79 Å². The molecule has 22 heavy (non-hydrogen) atoms. The van der Waals surface area contributed by atoms with Crippen LogP contribution in [0.15, 0.2) is 20.5 Å². The highest BCUT2D eigenvalue weighted by molar-refractivity contribution is 8.27. The van der Waals surface area contributed by atoms with E-state index in [-0.39, 0.29) is 5.91 Å². The molecule has 0 aromatic carbocycles. The summed E-state index contributed by atoms with van der Waals surface area (Å²) < 4.78 is 0.705. The molecule has 1 saturated heterocycles. The Hall–Kier alpha value is -0.460. The van der Waals surface area contributed by atoms with E-state index < -0.39 is 0 Å². The molecule has 3 nitrogen and oxygen atoms in total. The van der Waals surface area contributed by atoms with Gasteiger partial charge < -0.3 is 4.90 Å². The Morgan fingerprint density at radius 2 is 1.91 bits per heavy atom. The number of thiocarbonyl (C=S) groups is 1. The van der Waals surface area contributed by atoms with Crippen molar-refractivity contribution >= 4 is 46.0 Å². The van der Waals surface area contributed by atoms with E-state index >= 15 is 0 Å². The van der Waals surface area contributed by atoms with Gasteiger partial charge in [0.05, 0.1) is 5.03 Å². The summed E-state index contributed by atoms with van der Waals surface area (Å²) in [7, 11) is 0. The molecule has 0 bridgehead atoms. The number of carbonyl (C=O) groups is 1. The quantitative estimate of drug-likeness (QED) is 0.539. The van der Waals surface area contributed by atoms with E-state index in [1.165, 1.54) is 48.0 Å². The predicted molar refractivity (Wildman–Crippen MR) is 99.3 cm³/mol. The summed E-state index contributed by atoms with van der Waals surface area (Å²) in [5.74, 6) is 0.0985. The van der Waals surface area contributed by atoms with Crippen LogP contribution in [0.4, 0.5) is 0 Å². The van der Waals surface area contributed by atoms with Crippen LogP contribution in [0.5, 0.6) is 0 Å². The van der Waals surface area contributed by atoms with Crippen molar-refractivity contribution in [2.45, 2.75) is 52.4 Å². The topological polar surface area (TPSA) is 23.6 Å². The fourth-order valence-corrected chi connectivity index (χ4v) is 5.98. The first-order valence-electron chi connectivity index (χ1n) is 8.12. The molecule has 1 fully saturated rings. The third kappa shape index (κ3) is 2.85. The first-order chi connectivity index (χ1) is 10.7. The van der Waals surface area contributed by atoms with E-state index in [0.29, 0.717) is 10.9 Å². The Kier molecular flexibility index (Phi) is 5.20. The number of thioether (sulfide) groups is 2. The molecule has 0 aromatic rings. The summed E-state index contributed by atoms with van der Waals surface area (Å²) in [5, 5.41) is 1.15. The van der Waals surface area contributed by atoms with Gasteiger partial charge in [0.15, 0.2) is 0 Å². The maximum atomic E-state index is 12.7. The van der Waals surface area contributed by atoms with Crippen molar-refractivity contribution in [3.63, 3.8) is 0 Å². The zero-order valence-electron chi connectivity index (χ0n) is 13.2. The summed E-state index contributed by atoms with van der Waals surface area (Å²) in [5.41, 5.74) is 1.47. The molecule has 0 saturated carbocycles. The van der Waals surface area contributed by atoms with Gasteiger partial charge in [-0.15, -0.1) is 0 Å². The number of allylic oxidation sites excluding steroid dienone is 2. The summed E-state index contributed by atoms with van der Waals surface area (Å²) in [6.07, 6.45) is 7.20. The minimum Gasteiger partial charge on any atom is -0.338 e. The maximum absolute atomic E-state index is 12.7. The highest BCUT2D eigenvalue weighted by atomic mass is 32.2. The average molecular weight is 355 g/mol. The Morgan fingerprint density at radius 3 is 2.59 bits per heavy atom. The molecule has 0 unspecified atom stereocenters. The molecule has 0 aromatic heterocycles. The Morgan fingerprint density at radius 1 is 1.14 bits per heavy atom. The van der Waals surface area contributed by atoms with Crippen LogP contribution in [0.2, 0.25) is 0 Å². The smallest absolute Gasteiger partial charge is 0.268 e. The lowest BCUT2D eigenvalue weighted by atomic mass is 10.0. The average Bonchev–Trinajstić information content (AvgIpc) is 3.02. The molecular formula is C16H22N2OS3. The van der Waals surface area contributed by atoms with Gasteiger partial charge in [-0.05, 0) is 39.0 Å². The number of amides is 1. The Bertz CT molecular complexity index is 568. The number of hydrogen-bond acceptors (Lipinski definition) is 5. The van der Waals surface area contributed by atoms with Gasteiger partial charge in [0.2, 0.25) is 0 Å². The minimum atomic E-state index is 0.0985. The van der Waals surface area contributed by atoms with Gasteiger partial charge in [-0.2, -0.15) is 0 Å². The second kappa shape index (κ2) is 6.97. The molecule has 2 aliphatic heterocycles. The predicted octanol–water partition coefficient (Wildman–Crippen LogP) is 4.67. The Balaban J connectivity index is 1.94. The molecule has 1 aliphatic carbocycles. The van der Waals surface area contributed by atoms with E-state index in [2.05, 4.69) is 11.8 Å². The van der Waals surface area contributed by atoms with Gasteiger partial charge in [0.25, 0.3) is 5.91 Å². The van der Waals surface area contributed by atoms with Crippen LogP contribution < -0.4 is 0 Å². The molecule has 1 amide bonds. The fraction of sp³-hybridized carbons (Fsp3) is 0.625. The van der Waals surface area contributed by atoms with Crippen molar-refractivity contribution in [1.29, 1.82) is 0 Å². The monoisotopic (exact) mass is 354 g/mol. The van der Waals surface area contributed by atoms with Crippen LogP contribution in [0, 0.1) is 0 Å². The lowest BCUT2D eigenvalue weighted by Crippen LogP contribution is -2.28. The molecule has 0 atom stereocenters. The third-order valence-electron chi connectivity index (χ3n) is 4.28. The summed E-state index contributed by atoms with van der Waals surface area (Å²) in [4.78, 5) is 19.1. The van der Waals surface area contributed by atoms with Gasteiger partial charge in [-0.1, -0.05) is 49.1 Å². The van der Waals surface area contributed by atoms with E-state index in [0.717, 1.165) is 29.3 Å². The Labute approximate surface area is 146 Å². The van der Waals surface area contributed by atoms with Gasteiger partial charge in [-0.3, -0.25) is 9.69 Å². The fourth-order valence-electron chi connectivity index (χ4n) is 3.07. The first kappa shape index (κ1) is 16.4. The standard InChI is InChI=1S/C16H22N2OS3/c1-3-5-10-18-11-8-6-7-9-12(11)21-15(18)13-14(19)17(4-2)16(20)22-13/h3-10H2,1-2H3/b15-13+. The van der Waals surface area contributed by atoms with Crippen molar-refractivity contribution < 1.29 is 4.79 Å². The van der Waals surface area contributed by atoms with Crippen LogP contribution in [0.3, 0.4) is 0 Å². The number of likely N-dealkylation sites (N-methyl/N-ethyl adjacent to an activating group) is 1. The number of nitrogens with zero attached hydrogens (tertiary/aromatic N) is 2. The van der Waals surface area contributed by atoms with Crippen molar-refractivity contribution in [3.8, 4) is 0 Å². The van der Waals surface area contributed by atoms with Crippen molar-refractivity contribution in [3.05, 3.63) is 20.5 Å². The van der Waals surface area contributed by atoms with Crippen LogP contribution in [0.25, 0.3) is 0 Å². The lowest BCUT2D eigenvalue weighted by molar-refractivity contribution is -0.122. The van der Waals surface area contributed by atoms with E-state index in [4.69, 9.17) is 12.2 Å². The normalized spacial score (nSPS) is 25.5. The molecule has 3 rings (SSSR count). The maximum Gasteiger partial charge on any atom is 0.268 e. The molecule has 3 aliphatic rings. The minimum absolute atomic E-state index is 0.0985. The summed E-state index contributed by atoms with van der Waals surface area (Å²) >= 11 is 8.69. The highest BCUT2D eigenvalue weighted by Gasteiger charge is 2.39. The summed E-state index contributed by atoms with van der Waals surface area (Å²) in [6.45, 7) is 5.88. The van der Waals surface area contributed by atoms with Crippen LogP contribution in [0.1, 0.15) is 52.4 Å². The molecule has 2 heterocycles. The number of rotatable bonds is 4. The molecular weight excluding hydrogens is 332 g/mol. The highest BCUT2D eigenvalue weighted by Crippen LogP contribution is 2.51. The number of unbranched alkanes of at least 4 members (excludes halogenated alkanes) is 1. The van der Waals surface area contributed by atoms with E-state index in [1.807, 2.05) is 18.7 Å². The van der Waals surface area contributed by atoms with E-state index in [1.54, 1.807) is 4.90 Å².